The predicted molar refractivity (Wildman–Crippen MR) is 66.0 cm³/mol. The molecule has 1 aliphatic rings. The maximum atomic E-state index is 11.9. The van der Waals surface area contributed by atoms with E-state index < -0.39 is 12.0 Å². The van der Waals surface area contributed by atoms with Crippen LogP contribution < -0.4 is 4.74 Å². The van der Waals surface area contributed by atoms with Gasteiger partial charge in [-0.25, -0.2) is 4.79 Å². The van der Waals surface area contributed by atoms with E-state index in [4.69, 9.17) is 9.84 Å². The van der Waals surface area contributed by atoms with Gasteiger partial charge in [0.15, 0.2) is 6.61 Å². The molecule has 1 aliphatic heterocycles. The Balaban J connectivity index is 1.92. The first-order chi connectivity index (χ1) is 9.08. The van der Waals surface area contributed by atoms with E-state index in [9.17, 15) is 14.7 Å². The lowest BCUT2D eigenvalue weighted by atomic mass is 10.2. The summed E-state index contributed by atoms with van der Waals surface area (Å²) in [6, 6.07) is 5.36. The van der Waals surface area contributed by atoms with Gasteiger partial charge in [-0.05, 0) is 25.0 Å². The van der Waals surface area contributed by atoms with E-state index in [-0.39, 0.29) is 18.3 Å². The number of carboxylic acid groups (broad SMARTS) is 1. The molecule has 0 aliphatic carbocycles. The highest BCUT2D eigenvalue weighted by Gasteiger charge is 2.33. The zero-order chi connectivity index (χ0) is 13.8. The van der Waals surface area contributed by atoms with Crippen molar-refractivity contribution in [3.8, 4) is 11.5 Å². The summed E-state index contributed by atoms with van der Waals surface area (Å²) < 4.78 is 5.24. The Bertz CT molecular complexity index is 488. The van der Waals surface area contributed by atoms with Crippen molar-refractivity contribution >= 4 is 11.9 Å². The monoisotopic (exact) mass is 265 g/mol. The number of hydrogen-bond donors (Lipinski definition) is 2. The Morgan fingerprint density at radius 3 is 2.89 bits per heavy atom. The topological polar surface area (TPSA) is 87.1 Å². The molecular weight excluding hydrogens is 250 g/mol. The van der Waals surface area contributed by atoms with Crippen molar-refractivity contribution in [1.82, 2.24) is 4.90 Å². The summed E-state index contributed by atoms with van der Waals surface area (Å²) in [7, 11) is 0. The molecule has 0 radical (unpaired) electrons. The number of ether oxygens (including phenoxy) is 1. The Morgan fingerprint density at radius 1 is 1.42 bits per heavy atom. The summed E-state index contributed by atoms with van der Waals surface area (Å²) >= 11 is 0. The molecule has 102 valence electrons. The highest BCUT2D eigenvalue weighted by molar-refractivity contribution is 5.85. The second-order valence-electron chi connectivity index (χ2n) is 4.37. The van der Waals surface area contributed by atoms with E-state index >= 15 is 0 Å². The SMILES string of the molecule is O=C(O)[C@H]1CCCN1C(=O)COc1cccc(O)c1. The fourth-order valence-electron chi connectivity index (χ4n) is 2.12. The number of aliphatic carboxylic acids is 1. The van der Waals surface area contributed by atoms with Crippen LogP contribution in [-0.2, 0) is 9.59 Å². The third-order valence-electron chi connectivity index (χ3n) is 3.04. The summed E-state index contributed by atoms with van der Waals surface area (Å²) in [5.41, 5.74) is 0. The summed E-state index contributed by atoms with van der Waals surface area (Å²) in [4.78, 5) is 24.2. The highest BCUT2D eigenvalue weighted by Crippen LogP contribution is 2.20. The molecule has 1 heterocycles. The normalized spacial score (nSPS) is 18.3. The first kappa shape index (κ1) is 13.2. The standard InChI is InChI=1S/C13H15NO5/c15-9-3-1-4-10(7-9)19-8-12(16)14-6-2-5-11(14)13(17)18/h1,3-4,7,11,15H,2,5-6,8H2,(H,17,18)/t11-/m1/s1. The number of likely N-dealkylation sites (tertiary alicyclic amines) is 1. The Morgan fingerprint density at radius 2 is 2.21 bits per heavy atom. The van der Waals surface area contributed by atoms with Crippen molar-refractivity contribution < 1.29 is 24.5 Å². The molecule has 6 heteroatoms. The van der Waals surface area contributed by atoms with Gasteiger partial charge in [0.25, 0.3) is 5.91 Å². The van der Waals surface area contributed by atoms with Crippen LogP contribution in [0.15, 0.2) is 24.3 Å². The number of carbonyl (C=O) groups is 2. The van der Waals surface area contributed by atoms with Crippen LogP contribution in [0, 0.1) is 0 Å². The Kier molecular flexibility index (Phi) is 3.89. The van der Waals surface area contributed by atoms with Crippen molar-refractivity contribution in [2.75, 3.05) is 13.2 Å². The van der Waals surface area contributed by atoms with E-state index in [0.29, 0.717) is 25.1 Å². The van der Waals surface area contributed by atoms with Crippen molar-refractivity contribution in [2.45, 2.75) is 18.9 Å². The molecule has 0 bridgehead atoms. The van der Waals surface area contributed by atoms with E-state index in [1.54, 1.807) is 12.1 Å². The summed E-state index contributed by atoms with van der Waals surface area (Å²) in [6.07, 6.45) is 1.17. The maximum Gasteiger partial charge on any atom is 0.326 e. The second-order valence-corrected chi connectivity index (χ2v) is 4.37. The number of nitrogens with zero attached hydrogens (tertiary/aromatic N) is 1. The summed E-state index contributed by atoms with van der Waals surface area (Å²) in [5, 5.41) is 18.2. The van der Waals surface area contributed by atoms with Crippen LogP contribution in [0.4, 0.5) is 0 Å². The van der Waals surface area contributed by atoms with Gasteiger partial charge in [0.1, 0.15) is 17.5 Å². The van der Waals surface area contributed by atoms with Gasteiger partial charge in [-0.1, -0.05) is 6.07 Å². The molecule has 1 aromatic rings. The van der Waals surface area contributed by atoms with Gasteiger partial charge in [0.05, 0.1) is 0 Å². The van der Waals surface area contributed by atoms with Crippen LogP contribution in [0.2, 0.25) is 0 Å². The van der Waals surface area contributed by atoms with Gasteiger partial charge in [0.2, 0.25) is 0 Å². The van der Waals surface area contributed by atoms with Crippen molar-refractivity contribution in [1.29, 1.82) is 0 Å². The quantitative estimate of drug-likeness (QED) is 0.842. The molecule has 0 unspecified atom stereocenters. The number of benzene rings is 1. The van der Waals surface area contributed by atoms with Crippen LogP contribution in [0.25, 0.3) is 0 Å². The first-order valence-corrected chi connectivity index (χ1v) is 6.02. The minimum atomic E-state index is -0.983. The molecule has 19 heavy (non-hydrogen) atoms. The van der Waals surface area contributed by atoms with E-state index in [0.717, 1.165) is 0 Å². The Labute approximate surface area is 110 Å². The molecule has 0 saturated carbocycles. The predicted octanol–water partition coefficient (Wildman–Crippen LogP) is 0.847. The number of carbonyl (C=O) groups excluding carboxylic acids is 1. The van der Waals surface area contributed by atoms with Crippen LogP contribution in [0.5, 0.6) is 11.5 Å². The fourth-order valence-corrected chi connectivity index (χ4v) is 2.12. The molecular formula is C13H15NO5. The lowest BCUT2D eigenvalue weighted by Gasteiger charge is -2.21. The van der Waals surface area contributed by atoms with Gasteiger partial charge in [-0.15, -0.1) is 0 Å². The number of aromatic hydroxyl groups is 1. The third-order valence-corrected chi connectivity index (χ3v) is 3.04. The smallest absolute Gasteiger partial charge is 0.326 e. The van der Waals surface area contributed by atoms with Gasteiger partial charge in [-0.2, -0.15) is 0 Å². The van der Waals surface area contributed by atoms with E-state index in [2.05, 4.69) is 0 Å². The zero-order valence-electron chi connectivity index (χ0n) is 10.3. The molecule has 6 nitrogen and oxygen atoms in total. The van der Waals surface area contributed by atoms with E-state index in [1.165, 1.54) is 17.0 Å². The summed E-state index contributed by atoms with van der Waals surface area (Å²) in [5.74, 6) is -0.912. The molecule has 1 aromatic carbocycles. The molecule has 2 rings (SSSR count). The number of carboxylic acids is 1. The van der Waals surface area contributed by atoms with Gasteiger partial charge in [-0.3, -0.25) is 4.79 Å². The van der Waals surface area contributed by atoms with Gasteiger partial charge < -0.3 is 19.8 Å². The van der Waals surface area contributed by atoms with Crippen LogP contribution >= 0.6 is 0 Å². The van der Waals surface area contributed by atoms with Gasteiger partial charge >= 0.3 is 5.97 Å². The molecule has 0 spiro atoms. The summed E-state index contributed by atoms with van der Waals surface area (Å²) in [6.45, 7) is 0.215. The van der Waals surface area contributed by atoms with Crippen LogP contribution in [0.3, 0.4) is 0 Å². The van der Waals surface area contributed by atoms with Gasteiger partial charge in [0, 0.05) is 12.6 Å². The van der Waals surface area contributed by atoms with E-state index in [1.807, 2.05) is 0 Å². The number of hydrogen-bond acceptors (Lipinski definition) is 4. The minimum absolute atomic E-state index is 0.0505. The lowest BCUT2D eigenvalue weighted by molar-refractivity contribution is -0.148. The Hall–Kier alpha value is -2.24. The number of amides is 1. The van der Waals surface area contributed by atoms with Crippen LogP contribution in [0.1, 0.15) is 12.8 Å². The zero-order valence-corrected chi connectivity index (χ0v) is 10.3. The van der Waals surface area contributed by atoms with Crippen molar-refractivity contribution in [3.63, 3.8) is 0 Å². The number of phenols is 1. The lowest BCUT2D eigenvalue weighted by Crippen LogP contribution is -2.42. The largest absolute Gasteiger partial charge is 0.508 e. The second kappa shape index (κ2) is 5.60. The fraction of sp³-hybridized carbons (Fsp3) is 0.385. The minimum Gasteiger partial charge on any atom is -0.508 e. The van der Waals surface area contributed by atoms with Crippen molar-refractivity contribution in [2.24, 2.45) is 0 Å². The molecule has 2 N–H and O–H groups in total. The highest BCUT2D eigenvalue weighted by atomic mass is 16.5. The molecule has 1 saturated heterocycles. The van der Waals surface area contributed by atoms with Crippen LogP contribution in [-0.4, -0.2) is 46.2 Å². The molecule has 1 fully saturated rings. The molecule has 0 aromatic heterocycles. The van der Waals surface area contributed by atoms with Crippen molar-refractivity contribution in [3.05, 3.63) is 24.3 Å². The maximum absolute atomic E-state index is 11.9. The number of phenolic OH excluding ortho intramolecular Hbond substituents is 1. The first-order valence-electron chi connectivity index (χ1n) is 6.02. The average molecular weight is 265 g/mol. The molecule has 1 amide bonds. The average Bonchev–Trinajstić information content (AvgIpc) is 2.85. The number of rotatable bonds is 4. The third kappa shape index (κ3) is 3.15. The molecule has 1 atom stereocenters.